The maximum absolute atomic E-state index is 15.1. The predicted octanol–water partition coefficient (Wildman–Crippen LogP) is 5.29. The number of hydrogen-bond acceptors (Lipinski definition) is 2. The van der Waals surface area contributed by atoms with Gasteiger partial charge in [-0.15, -0.1) is 0 Å². The van der Waals surface area contributed by atoms with Crippen LogP contribution in [-0.4, -0.2) is 9.55 Å². The Kier molecular flexibility index (Phi) is 4.59. The van der Waals surface area contributed by atoms with Gasteiger partial charge in [0, 0.05) is 28.0 Å². The lowest BCUT2D eigenvalue weighted by Crippen LogP contribution is -2.27. The van der Waals surface area contributed by atoms with Gasteiger partial charge in [-0.05, 0) is 24.5 Å². The number of imidazole rings is 1. The fourth-order valence-corrected chi connectivity index (χ4v) is 7.80. The van der Waals surface area contributed by atoms with Crippen LogP contribution in [0.15, 0.2) is 103 Å². The van der Waals surface area contributed by atoms with E-state index in [0.29, 0.717) is 0 Å². The highest BCUT2D eigenvalue weighted by Gasteiger charge is 2.33. The molecule has 3 nitrogen and oxygen atoms in total. The molecule has 0 N–H and O–H groups in total. The molecule has 32 heavy (non-hydrogen) atoms. The number of para-hydroxylation sites is 1. The maximum Gasteiger partial charge on any atom is 0.171 e. The zero-order valence-corrected chi connectivity index (χ0v) is 18.6. The summed E-state index contributed by atoms with van der Waals surface area (Å²) in [4.78, 5) is 5.06. The van der Waals surface area contributed by atoms with E-state index in [1.54, 1.807) is 0 Å². The Morgan fingerprint density at radius 1 is 0.719 bits per heavy atom. The first-order valence-electron chi connectivity index (χ1n) is 11.1. The van der Waals surface area contributed by atoms with Crippen LogP contribution in [0.2, 0.25) is 0 Å². The van der Waals surface area contributed by atoms with Crippen molar-refractivity contribution >= 4 is 34.1 Å². The zero-order valence-electron chi connectivity index (χ0n) is 17.7. The lowest BCUT2D eigenvalue weighted by atomic mass is 10.0. The minimum absolute atomic E-state index is 0.842. The molecule has 0 spiro atoms. The van der Waals surface area contributed by atoms with Gasteiger partial charge in [-0.3, -0.25) is 0 Å². The van der Waals surface area contributed by atoms with Crippen LogP contribution in [0.25, 0.3) is 22.4 Å². The molecule has 1 aliphatic rings. The first kappa shape index (κ1) is 19.3. The van der Waals surface area contributed by atoms with Crippen molar-refractivity contribution in [3.8, 4) is 11.4 Å². The number of nitrogens with zero attached hydrogens (tertiary/aromatic N) is 2. The molecular formula is C28H23N2OP. The Bertz CT molecular complexity index is 1430. The van der Waals surface area contributed by atoms with Crippen molar-refractivity contribution in [1.82, 2.24) is 9.55 Å². The molecule has 0 aliphatic carbocycles. The van der Waals surface area contributed by atoms with Crippen LogP contribution in [-0.2, 0) is 17.5 Å². The normalized spacial score (nSPS) is 13.4. The van der Waals surface area contributed by atoms with E-state index in [1.165, 1.54) is 11.1 Å². The standard InChI is InChI=1S/C28H23N2OP/c31-32(22-13-3-1-4-14-22,23-15-5-2-6-16-23)26-19-8-7-17-24(26)28-29-25-18-9-11-21-12-10-20-30(28)27(21)25/h1-9,11,13-19H,10,12,20H2. The third kappa shape index (κ3) is 2.89. The average Bonchev–Trinajstić information content (AvgIpc) is 3.25. The summed E-state index contributed by atoms with van der Waals surface area (Å²) in [7, 11) is -3.10. The first-order valence-corrected chi connectivity index (χ1v) is 12.8. The molecule has 4 aromatic carbocycles. The largest absolute Gasteiger partial charge is 0.324 e. The SMILES string of the molecule is O=P(c1ccccc1)(c1ccccc1)c1ccccc1-c1nc2cccc3c2n1CCC3. The van der Waals surface area contributed by atoms with Gasteiger partial charge in [-0.2, -0.15) is 0 Å². The summed E-state index contributed by atoms with van der Waals surface area (Å²) in [6.45, 7) is 0.929. The van der Waals surface area contributed by atoms with Gasteiger partial charge in [0.15, 0.2) is 7.14 Å². The van der Waals surface area contributed by atoms with Crippen LogP contribution >= 0.6 is 7.14 Å². The van der Waals surface area contributed by atoms with Crippen LogP contribution in [0.1, 0.15) is 12.0 Å². The lowest BCUT2D eigenvalue weighted by molar-refractivity contribution is 0.592. The minimum atomic E-state index is -3.10. The Balaban J connectivity index is 1.66. The number of benzene rings is 4. The third-order valence-corrected chi connectivity index (χ3v) is 9.52. The predicted molar refractivity (Wildman–Crippen MR) is 133 cm³/mol. The highest BCUT2D eigenvalue weighted by atomic mass is 31.2. The summed E-state index contributed by atoms with van der Waals surface area (Å²) in [6.07, 6.45) is 2.17. The molecule has 156 valence electrons. The molecule has 2 heterocycles. The van der Waals surface area contributed by atoms with Gasteiger partial charge < -0.3 is 9.13 Å². The second-order valence-electron chi connectivity index (χ2n) is 8.27. The molecule has 6 rings (SSSR count). The van der Waals surface area contributed by atoms with Crippen molar-refractivity contribution in [2.75, 3.05) is 0 Å². The highest BCUT2D eigenvalue weighted by molar-refractivity contribution is 7.85. The van der Waals surface area contributed by atoms with Crippen LogP contribution < -0.4 is 15.9 Å². The van der Waals surface area contributed by atoms with E-state index in [-0.39, 0.29) is 0 Å². The molecule has 5 aromatic rings. The van der Waals surface area contributed by atoms with Crippen LogP contribution in [0.3, 0.4) is 0 Å². The van der Waals surface area contributed by atoms with Crippen LogP contribution in [0, 0.1) is 0 Å². The van der Waals surface area contributed by atoms with E-state index < -0.39 is 7.14 Å². The smallest absolute Gasteiger partial charge is 0.171 e. The zero-order chi connectivity index (χ0) is 21.5. The van der Waals surface area contributed by atoms with Gasteiger partial charge in [0.2, 0.25) is 0 Å². The summed E-state index contributed by atoms with van der Waals surface area (Å²) in [5.74, 6) is 0.912. The summed E-state index contributed by atoms with van der Waals surface area (Å²) in [5, 5.41) is 2.53. The molecule has 0 fully saturated rings. The van der Waals surface area contributed by atoms with E-state index in [9.17, 15) is 0 Å². The topological polar surface area (TPSA) is 34.9 Å². The molecule has 0 amide bonds. The summed E-state index contributed by atoms with van der Waals surface area (Å²) in [5.41, 5.74) is 4.53. The van der Waals surface area contributed by atoms with Gasteiger partial charge in [0.25, 0.3) is 0 Å². The second-order valence-corrected chi connectivity index (χ2v) is 11.0. The van der Waals surface area contributed by atoms with Crippen molar-refractivity contribution in [2.24, 2.45) is 0 Å². The number of hydrogen-bond donors (Lipinski definition) is 0. The van der Waals surface area contributed by atoms with Crippen LogP contribution in [0.4, 0.5) is 0 Å². The molecule has 0 bridgehead atoms. The summed E-state index contributed by atoms with van der Waals surface area (Å²) < 4.78 is 17.4. The van der Waals surface area contributed by atoms with Gasteiger partial charge in [0.05, 0.1) is 11.0 Å². The molecule has 1 aliphatic heterocycles. The third-order valence-electron chi connectivity index (χ3n) is 6.40. The van der Waals surface area contributed by atoms with E-state index in [1.807, 2.05) is 78.9 Å². The minimum Gasteiger partial charge on any atom is -0.324 e. The number of aromatic nitrogens is 2. The summed E-state index contributed by atoms with van der Waals surface area (Å²) >= 11 is 0. The van der Waals surface area contributed by atoms with Gasteiger partial charge >= 0.3 is 0 Å². The Labute approximate surface area is 187 Å². The summed E-state index contributed by atoms with van der Waals surface area (Å²) in [6, 6.07) is 34.2. The van der Waals surface area contributed by atoms with E-state index in [2.05, 4.69) is 28.8 Å². The molecule has 0 unspecified atom stereocenters. The molecule has 0 radical (unpaired) electrons. The quantitative estimate of drug-likeness (QED) is 0.360. The fourth-order valence-electron chi connectivity index (χ4n) is 4.95. The van der Waals surface area contributed by atoms with Gasteiger partial charge in [-0.25, -0.2) is 4.98 Å². The Morgan fingerprint density at radius 3 is 2.09 bits per heavy atom. The molecule has 0 atom stereocenters. The van der Waals surface area contributed by atoms with Gasteiger partial charge in [-0.1, -0.05) is 97.1 Å². The fraction of sp³-hybridized carbons (Fsp3) is 0.107. The monoisotopic (exact) mass is 434 g/mol. The van der Waals surface area contributed by atoms with Crippen molar-refractivity contribution in [3.05, 3.63) is 109 Å². The Hall–Kier alpha value is -3.42. The van der Waals surface area contributed by atoms with Crippen LogP contribution in [0.5, 0.6) is 0 Å². The molecule has 0 saturated heterocycles. The number of aryl methyl sites for hydroxylation is 2. The molecule has 4 heteroatoms. The van der Waals surface area contributed by atoms with E-state index >= 15 is 4.57 Å². The van der Waals surface area contributed by atoms with Crippen molar-refractivity contribution in [3.63, 3.8) is 0 Å². The van der Waals surface area contributed by atoms with Crippen molar-refractivity contribution in [1.29, 1.82) is 0 Å². The Morgan fingerprint density at radius 2 is 1.38 bits per heavy atom. The maximum atomic E-state index is 15.1. The lowest BCUT2D eigenvalue weighted by Gasteiger charge is -2.23. The van der Waals surface area contributed by atoms with Crippen molar-refractivity contribution < 1.29 is 4.57 Å². The number of rotatable bonds is 4. The second kappa shape index (κ2) is 7.62. The first-order chi connectivity index (χ1) is 15.8. The molecular weight excluding hydrogens is 411 g/mol. The van der Waals surface area contributed by atoms with E-state index in [0.717, 1.165) is 52.2 Å². The molecule has 0 saturated carbocycles. The average molecular weight is 434 g/mol. The van der Waals surface area contributed by atoms with E-state index in [4.69, 9.17) is 4.98 Å². The van der Waals surface area contributed by atoms with Crippen molar-refractivity contribution in [2.45, 2.75) is 19.4 Å². The molecule has 1 aromatic heterocycles. The van der Waals surface area contributed by atoms with Gasteiger partial charge in [0.1, 0.15) is 5.82 Å². The highest BCUT2D eigenvalue weighted by Crippen LogP contribution is 2.45.